The number of carbonyl (C=O) groups excluding carboxylic acids is 2. The number of aliphatic hydroxyl groups is 1. The number of sulfonamides is 1. The zero-order valence-electron chi connectivity index (χ0n) is 21.9. The summed E-state index contributed by atoms with van der Waals surface area (Å²) in [5.41, 5.74) is 6.51. The number of hydrogen-bond acceptors (Lipinski definition) is 7. The van der Waals surface area contributed by atoms with Crippen LogP contribution in [-0.4, -0.2) is 57.5 Å². The Morgan fingerprint density at radius 1 is 1.08 bits per heavy atom. The van der Waals surface area contributed by atoms with Crippen molar-refractivity contribution in [2.24, 2.45) is 5.73 Å². The Kier molecular flexibility index (Phi) is 9.44. The Balaban J connectivity index is 1.85. The molecule has 39 heavy (non-hydrogen) atoms. The fourth-order valence-corrected chi connectivity index (χ4v) is 4.28. The minimum atomic E-state index is -3.72. The number of nitrogens with zero attached hydrogens (tertiary/aromatic N) is 1. The van der Waals surface area contributed by atoms with Crippen molar-refractivity contribution in [1.29, 1.82) is 0 Å². The van der Waals surface area contributed by atoms with E-state index in [4.69, 9.17) is 10.5 Å². The molecule has 1 amide bonds. The van der Waals surface area contributed by atoms with Crippen LogP contribution in [0.3, 0.4) is 0 Å². The van der Waals surface area contributed by atoms with Crippen LogP contribution in [0.5, 0.6) is 0 Å². The number of amides is 1. The van der Waals surface area contributed by atoms with Crippen LogP contribution < -0.4 is 15.4 Å². The summed E-state index contributed by atoms with van der Waals surface area (Å²) < 4.78 is 44.0. The zero-order chi connectivity index (χ0) is 28.8. The highest BCUT2D eigenvalue weighted by molar-refractivity contribution is 7.92. The first-order valence-electron chi connectivity index (χ1n) is 12.1. The van der Waals surface area contributed by atoms with E-state index in [1.807, 2.05) is 30.3 Å². The van der Waals surface area contributed by atoms with Crippen molar-refractivity contribution in [3.8, 4) is 0 Å². The first-order valence-corrected chi connectivity index (χ1v) is 13.9. The van der Waals surface area contributed by atoms with Gasteiger partial charge in [0.1, 0.15) is 12.4 Å². The topological polar surface area (TPSA) is 139 Å². The third-order valence-corrected chi connectivity index (χ3v) is 7.40. The van der Waals surface area contributed by atoms with Gasteiger partial charge in [-0.3, -0.25) is 9.10 Å². The van der Waals surface area contributed by atoms with Crippen LogP contribution in [0.1, 0.15) is 44.8 Å². The largest absolute Gasteiger partial charge is 0.460 e. The number of esters is 1. The van der Waals surface area contributed by atoms with Crippen LogP contribution >= 0.6 is 0 Å². The highest BCUT2D eigenvalue weighted by atomic mass is 32.2. The van der Waals surface area contributed by atoms with E-state index in [1.165, 1.54) is 49.5 Å². The SMILES string of the molecule is C[C@@H](NC(=O)c1cc(C(=O)OCC(N)(CO)Cc2ccccc2)cc(N(C)S(C)(=O)=O)c1)c1ccc(F)cc1. The molecule has 0 heterocycles. The molecule has 4 N–H and O–H groups in total. The molecule has 0 bridgehead atoms. The van der Waals surface area contributed by atoms with Crippen LogP contribution in [0.15, 0.2) is 72.8 Å². The summed E-state index contributed by atoms with van der Waals surface area (Å²) in [6.45, 7) is 0.919. The van der Waals surface area contributed by atoms with Crippen molar-refractivity contribution < 1.29 is 32.2 Å². The number of halogens is 1. The Morgan fingerprint density at radius 3 is 2.28 bits per heavy atom. The lowest BCUT2D eigenvalue weighted by Crippen LogP contribution is -2.50. The molecule has 0 radical (unpaired) electrons. The third kappa shape index (κ3) is 8.09. The number of benzene rings is 3. The average Bonchev–Trinajstić information content (AvgIpc) is 2.91. The van der Waals surface area contributed by atoms with E-state index in [0.29, 0.717) is 5.56 Å². The minimum absolute atomic E-state index is 0.00867. The van der Waals surface area contributed by atoms with Crippen LogP contribution in [-0.2, 0) is 21.2 Å². The smallest absolute Gasteiger partial charge is 0.338 e. The molecule has 1 unspecified atom stereocenters. The summed E-state index contributed by atoms with van der Waals surface area (Å²) in [6, 6.07) is 18.2. The van der Waals surface area contributed by atoms with Crippen molar-refractivity contribution in [2.45, 2.75) is 24.9 Å². The monoisotopic (exact) mass is 557 g/mol. The van der Waals surface area contributed by atoms with Gasteiger partial charge >= 0.3 is 5.97 Å². The number of rotatable bonds is 11. The van der Waals surface area contributed by atoms with Gasteiger partial charge in [-0.25, -0.2) is 17.6 Å². The van der Waals surface area contributed by atoms with E-state index < -0.39 is 45.9 Å². The van der Waals surface area contributed by atoms with E-state index in [1.54, 1.807) is 6.92 Å². The van der Waals surface area contributed by atoms with Gasteiger partial charge in [-0.1, -0.05) is 42.5 Å². The molecule has 0 fully saturated rings. The van der Waals surface area contributed by atoms with Crippen LogP contribution in [0, 0.1) is 5.82 Å². The lowest BCUT2D eigenvalue weighted by molar-refractivity contribution is 0.0331. The molecule has 0 spiro atoms. The Morgan fingerprint density at radius 2 is 1.69 bits per heavy atom. The molecule has 11 heteroatoms. The van der Waals surface area contributed by atoms with Crippen molar-refractivity contribution in [2.75, 3.05) is 30.8 Å². The number of hydrogen-bond donors (Lipinski definition) is 3. The second kappa shape index (κ2) is 12.4. The van der Waals surface area contributed by atoms with Crippen molar-refractivity contribution in [1.82, 2.24) is 5.32 Å². The van der Waals surface area contributed by atoms with E-state index in [9.17, 15) is 27.5 Å². The summed E-state index contributed by atoms with van der Waals surface area (Å²) in [4.78, 5) is 26.1. The Labute approximate surface area is 227 Å². The fraction of sp³-hybridized carbons (Fsp3) is 0.286. The van der Waals surface area contributed by atoms with E-state index in [-0.39, 0.29) is 29.8 Å². The van der Waals surface area contributed by atoms with Crippen molar-refractivity contribution in [3.05, 3.63) is 101 Å². The van der Waals surface area contributed by atoms with Gasteiger partial charge in [-0.15, -0.1) is 0 Å². The normalized spacial score (nSPS) is 13.7. The second-order valence-corrected chi connectivity index (χ2v) is 11.5. The van der Waals surface area contributed by atoms with Gasteiger partial charge in [-0.05, 0) is 54.8 Å². The predicted octanol–water partition coefficient (Wildman–Crippen LogP) is 2.80. The molecule has 0 aliphatic carbocycles. The summed E-state index contributed by atoms with van der Waals surface area (Å²) in [5, 5.41) is 12.6. The predicted molar refractivity (Wildman–Crippen MR) is 146 cm³/mol. The number of nitrogens with two attached hydrogens (primary N) is 1. The number of anilines is 1. The standard InChI is InChI=1S/C28H32FN3O6S/c1-19(21-9-11-24(29)12-10-21)31-26(34)22-13-23(15-25(14-22)32(2)39(3,36)37)27(35)38-18-28(30,17-33)16-20-7-5-4-6-8-20/h4-15,19,33H,16-18,30H2,1-3H3,(H,31,34)/t19-,28?/m1/s1. The second-order valence-electron chi connectivity index (χ2n) is 9.50. The molecule has 0 aliphatic heterocycles. The summed E-state index contributed by atoms with van der Waals surface area (Å²) in [5.74, 6) is -1.85. The summed E-state index contributed by atoms with van der Waals surface area (Å²) >= 11 is 0. The lowest BCUT2D eigenvalue weighted by Gasteiger charge is -2.27. The van der Waals surface area contributed by atoms with Gasteiger partial charge in [0.2, 0.25) is 10.0 Å². The maximum Gasteiger partial charge on any atom is 0.338 e. The van der Waals surface area contributed by atoms with Gasteiger partial charge in [0, 0.05) is 12.6 Å². The van der Waals surface area contributed by atoms with Gasteiger partial charge in [0.25, 0.3) is 5.91 Å². The molecule has 3 aromatic carbocycles. The molecule has 0 saturated carbocycles. The number of carbonyl (C=O) groups is 2. The van der Waals surface area contributed by atoms with E-state index >= 15 is 0 Å². The number of ether oxygens (including phenoxy) is 1. The fourth-order valence-electron chi connectivity index (χ4n) is 3.80. The zero-order valence-corrected chi connectivity index (χ0v) is 22.7. The third-order valence-electron chi connectivity index (χ3n) is 6.20. The summed E-state index contributed by atoms with van der Waals surface area (Å²) in [7, 11) is -2.43. The Bertz CT molecular complexity index is 1420. The van der Waals surface area contributed by atoms with Crippen molar-refractivity contribution in [3.63, 3.8) is 0 Å². The highest BCUT2D eigenvalue weighted by Gasteiger charge is 2.28. The van der Waals surface area contributed by atoms with Gasteiger partial charge < -0.3 is 20.9 Å². The van der Waals surface area contributed by atoms with E-state index in [0.717, 1.165) is 16.1 Å². The molecular formula is C28H32FN3O6S. The molecule has 3 aromatic rings. The van der Waals surface area contributed by atoms with Crippen molar-refractivity contribution >= 4 is 27.6 Å². The minimum Gasteiger partial charge on any atom is -0.460 e. The molecule has 2 atom stereocenters. The Hall–Kier alpha value is -3.80. The van der Waals surface area contributed by atoms with Gasteiger partial charge in [-0.2, -0.15) is 0 Å². The molecule has 208 valence electrons. The number of nitrogens with one attached hydrogen (secondary N) is 1. The number of aliphatic hydroxyl groups excluding tert-OH is 1. The highest BCUT2D eigenvalue weighted by Crippen LogP contribution is 2.23. The van der Waals surface area contributed by atoms with Gasteiger partial charge in [0.15, 0.2) is 0 Å². The maximum absolute atomic E-state index is 13.3. The van der Waals surface area contributed by atoms with Crippen LogP contribution in [0.2, 0.25) is 0 Å². The molecule has 3 rings (SSSR count). The van der Waals surface area contributed by atoms with Gasteiger partial charge in [0.05, 0.1) is 35.7 Å². The molecule has 9 nitrogen and oxygen atoms in total. The average molecular weight is 558 g/mol. The quantitative estimate of drug-likeness (QED) is 0.308. The molecule has 0 saturated heterocycles. The molecule has 0 aliphatic rings. The molecular weight excluding hydrogens is 525 g/mol. The first-order chi connectivity index (χ1) is 18.3. The summed E-state index contributed by atoms with van der Waals surface area (Å²) in [6.07, 6.45) is 1.23. The van der Waals surface area contributed by atoms with E-state index in [2.05, 4.69) is 5.32 Å². The lowest BCUT2D eigenvalue weighted by atomic mass is 9.93. The van der Waals surface area contributed by atoms with Crippen LogP contribution in [0.25, 0.3) is 0 Å². The van der Waals surface area contributed by atoms with Crippen LogP contribution in [0.4, 0.5) is 10.1 Å². The first kappa shape index (κ1) is 29.8. The maximum atomic E-state index is 13.3. The molecule has 0 aromatic heterocycles.